The van der Waals surface area contributed by atoms with Crippen LogP contribution in [0.15, 0.2) is 24.3 Å². The first-order valence-corrected chi connectivity index (χ1v) is 7.37. The molecule has 0 aromatic heterocycles. The zero-order chi connectivity index (χ0) is 14.2. The Labute approximate surface area is 120 Å². The molecule has 1 fully saturated rings. The minimum atomic E-state index is 0.103. The number of hydrogen-bond donors (Lipinski definition) is 1. The van der Waals surface area contributed by atoms with Crippen molar-refractivity contribution in [2.45, 2.75) is 26.2 Å². The Morgan fingerprint density at radius 1 is 1.35 bits per heavy atom. The van der Waals surface area contributed by atoms with Crippen LogP contribution in [0.3, 0.4) is 0 Å². The van der Waals surface area contributed by atoms with Crippen molar-refractivity contribution in [3.8, 4) is 5.75 Å². The number of ether oxygens (including phenoxy) is 2. The molecular weight excluding hydrogens is 254 g/mol. The van der Waals surface area contributed by atoms with Crippen molar-refractivity contribution in [3.05, 3.63) is 29.8 Å². The highest BCUT2D eigenvalue weighted by Gasteiger charge is 2.20. The molecule has 110 valence electrons. The highest BCUT2D eigenvalue weighted by Crippen LogP contribution is 2.18. The maximum absolute atomic E-state index is 11.9. The second kappa shape index (κ2) is 7.90. The molecular formula is C16H23NO3. The van der Waals surface area contributed by atoms with Gasteiger partial charge in [0.15, 0.2) is 0 Å². The lowest BCUT2D eigenvalue weighted by Crippen LogP contribution is -2.36. The normalized spacial score (nSPS) is 15.8. The fourth-order valence-corrected chi connectivity index (χ4v) is 2.38. The van der Waals surface area contributed by atoms with Crippen LogP contribution in [0.1, 0.15) is 25.3 Å². The Balaban J connectivity index is 1.69. The minimum absolute atomic E-state index is 0.103. The van der Waals surface area contributed by atoms with Crippen molar-refractivity contribution in [1.82, 2.24) is 5.32 Å². The molecule has 1 N–H and O–H groups in total. The molecule has 0 radical (unpaired) electrons. The molecule has 0 unspecified atom stereocenters. The van der Waals surface area contributed by atoms with Gasteiger partial charge in [-0.1, -0.05) is 25.1 Å². The van der Waals surface area contributed by atoms with Gasteiger partial charge in [-0.3, -0.25) is 4.79 Å². The minimum Gasteiger partial charge on any atom is -0.491 e. The van der Waals surface area contributed by atoms with E-state index in [2.05, 4.69) is 18.3 Å². The van der Waals surface area contributed by atoms with Gasteiger partial charge < -0.3 is 14.8 Å². The maximum Gasteiger partial charge on any atom is 0.223 e. The van der Waals surface area contributed by atoms with Crippen LogP contribution in [0.2, 0.25) is 0 Å². The first-order valence-electron chi connectivity index (χ1n) is 7.37. The lowest BCUT2D eigenvalue weighted by atomic mass is 9.99. The summed E-state index contributed by atoms with van der Waals surface area (Å²) < 4.78 is 11.0. The Hall–Kier alpha value is -1.55. The Morgan fingerprint density at radius 3 is 2.85 bits per heavy atom. The molecule has 0 atom stereocenters. The Bertz CT molecular complexity index is 427. The Kier molecular flexibility index (Phi) is 5.87. The molecule has 2 rings (SSSR count). The van der Waals surface area contributed by atoms with E-state index in [1.54, 1.807) is 0 Å². The molecule has 1 saturated heterocycles. The molecule has 4 nitrogen and oxygen atoms in total. The fourth-order valence-electron chi connectivity index (χ4n) is 2.38. The molecule has 1 aliphatic rings. The lowest BCUT2D eigenvalue weighted by molar-refractivity contribution is -0.127. The molecule has 0 saturated carbocycles. The van der Waals surface area contributed by atoms with Crippen LogP contribution in [0.4, 0.5) is 0 Å². The number of nitrogens with one attached hydrogen (secondary N) is 1. The fraction of sp³-hybridized carbons (Fsp3) is 0.562. The third-order valence-electron chi connectivity index (χ3n) is 3.60. The second-order valence-electron chi connectivity index (χ2n) is 4.99. The van der Waals surface area contributed by atoms with E-state index in [0.717, 1.165) is 25.0 Å². The van der Waals surface area contributed by atoms with Gasteiger partial charge in [-0.05, 0) is 30.9 Å². The molecule has 1 aliphatic heterocycles. The molecule has 0 bridgehead atoms. The summed E-state index contributed by atoms with van der Waals surface area (Å²) >= 11 is 0. The summed E-state index contributed by atoms with van der Waals surface area (Å²) in [7, 11) is 0. The predicted octanol–water partition coefficient (Wildman–Crippen LogP) is 2.17. The van der Waals surface area contributed by atoms with E-state index in [4.69, 9.17) is 9.47 Å². The van der Waals surface area contributed by atoms with Crippen LogP contribution in [0, 0.1) is 5.92 Å². The van der Waals surface area contributed by atoms with Crippen molar-refractivity contribution in [2.24, 2.45) is 5.92 Å². The number of amides is 1. The van der Waals surface area contributed by atoms with Gasteiger partial charge in [0.25, 0.3) is 0 Å². The topological polar surface area (TPSA) is 47.6 Å². The SMILES string of the molecule is CCc1ccccc1OCCNC(=O)C1CCOCC1. The van der Waals surface area contributed by atoms with Gasteiger partial charge in [-0.25, -0.2) is 0 Å². The largest absolute Gasteiger partial charge is 0.491 e. The van der Waals surface area contributed by atoms with Gasteiger partial charge in [0, 0.05) is 19.1 Å². The quantitative estimate of drug-likeness (QED) is 0.811. The number of para-hydroxylation sites is 1. The van der Waals surface area contributed by atoms with Crippen LogP contribution in [-0.2, 0) is 16.0 Å². The summed E-state index contributed by atoms with van der Waals surface area (Å²) in [6.07, 6.45) is 2.60. The van der Waals surface area contributed by atoms with Gasteiger partial charge in [0.05, 0.1) is 6.54 Å². The van der Waals surface area contributed by atoms with Crippen molar-refractivity contribution in [3.63, 3.8) is 0 Å². The lowest BCUT2D eigenvalue weighted by Gasteiger charge is -2.21. The molecule has 0 aliphatic carbocycles. The monoisotopic (exact) mass is 277 g/mol. The molecule has 1 aromatic rings. The Morgan fingerprint density at radius 2 is 2.10 bits per heavy atom. The number of carbonyl (C=O) groups is 1. The van der Waals surface area contributed by atoms with Gasteiger partial charge in [0.2, 0.25) is 5.91 Å². The van der Waals surface area contributed by atoms with E-state index >= 15 is 0 Å². The molecule has 1 aromatic carbocycles. The van der Waals surface area contributed by atoms with Gasteiger partial charge in [-0.15, -0.1) is 0 Å². The van der Waals surface area contributed by atoms with Crippen LogP contribution in [0.5, 0.6) is 5.75 Å². The third kappa shape index (κ3) is 4.23. The van der Waals surface area contributed by atoms with Gasteiger partial charge in [0.1, 0.15) is 12.4 Å². The van der Waals surface area contributed by atoms with E-state index in [1.165, 1.54) is 5.56 Å². The first kappa shape index (κ1) is 14.9. The summed E-state index contributed by atoms with van der Waals surface area (Å²) in [6.45, 7) is 4.55. The van der Waals surface area contributed by atoms with Crippen molar-refractivity contribution >= 4 is 5.91 Å². The maximum atomic E-state index is 11.9. The van der Waals surface area contributed by atoms with Crippen molar-refractivity contribution < 1.29 is 14.3 Å². The summed E-state index contributed by atoms with van der Waals surface area (Å²) in [5.41, 5.74) is 1.20. The second-order valence-corrected chi connectivity index (χ2v) is 4.99. The highest BCUT2D eigenvalue weighted by molar-refractivity contribution is 5.78. The zero-order valence-electron chi connectivity index (χ0n) is 12.1. The molecule has 20 heavy (non-hydrogen) atoms. The van der Waals surface area contributed by atoms with Crippen molar-refractivity contribution in [1.29, 1.82) is 0 Å². The standard InChI is InChI=1S/C16H23NO3/c1-2-13-5-3-4-6-15(13)20-12-9-17-16(18)14-7-10-19-11-8-14/h3-6,14H,2,7-12H2,1H3,(H,17,18). The number of hydrogen-bond acceptors (Lipinski definition) is 3. The highest BCUT2D eigenvalue weighted by atomic mass is 16.5. The van der Waals surface area contributed by atoms with Crippen LogP contribution in [0.25, 0.3) is 0 Å². The summed E-state index contributed by atoms with van der Waals surface area (Å²) in [5.74, 6) is 1.14. The van der Waals surface area contributed by atoms with Gasteiger partial charge in [-0.2, -0.15) is 0 Å². The van der Waals surface area contributed by atoms with Crippen LogP contribution < -0.4 is 10.1 Å². The summed E-state index contributed by atoms with van der Waals surface area (Å²) in [6, 6.07) is 8.02. The molecule has 0 spiro atoms. The average molecular weight is 277 g/mol. The predicted molar refractivity (Wildman–Crippen MR) is 77.9 cm³/mol. The van der Waals surface area contributed by atoms with Gasteiger partial charge >= 0.3 is 0 Å². The number of aryl methyl sites for hydroxylation is 1. The van der Waals surface area contributed by atoms with E-state index in [9.17, 15) is 4.79 Å². The first-order chi connectivity index (χ1) is 9.81. The van der Waals surface area contributed by atoms with E-state index in [1.807, 2.05) is 18.2 Å². The van der Waals surface area contributed by atoms with E-state index < -0.39 is 0 Å². The van der Waals surface area contributed by atoms with E-state index in [0.29, 0.717) is 26.4 Å². The van der Waals surface area contributed by atoms with E-state index in [-0.39, 0.29) is 11.8 Å². The number of benzene rings is 1. The smallest absolute Gasteiger partial charge is 0.223 e. The summed E-state index contributed by atoms with van der Waals surface area (Å²) in [5, 5.41) is 2.94. The molecule has 1 heterocycles. The third-order valence-corrected chi connectivity index (χ3v) is 3.60. The number of carbonyl (C=O) groups excluding carboxylic acids is 1. The number of rotatable bonds is 6. The zero-order valence-corrected chi connectivity index (χ0v) is 12.1. The van der Waals surface area contributed by atoms with Crippen molar-refractivity contribution in [2.75, 3.05) is 26.4 Å². The average Bonchev–Trinajstić information content (AvgIpc) is 2.52. The van der Waals surface area contributed by atoms with Crippen LogP contribution >= 0.6 is 0 Å². The molecule has 1 amide bonds. The summed E-state index contributed by atoms with van der Waals surface area (Å²) in [4.78, 5) is 11.9. The van der Waals surface area contributed by atoms with Crippen LogP contribution in [-0.4, -0.2) is 32.3 Å². The molecule has 4 heteroatoms.